The quantitative estimate of drug-likeness (QED) is 0.644. The SMILES string of the molecule is Clc1nnc(Cl)c2c1C=CCC2. The van der Waals surface area contributed by atoms with Gasteiger partial charge < -0.3 is 0 Å². The van der Waals surface area contributed by atoms with Crippen molar-refractivity contribution in [3.63, 3.8) is 0 Å². The first-order valence-electron chi connectivity index (χ1n) is 3.66. The number of rotatable bonds is 0. The molecule has 0 radical (unpaired) electrons. The number of fused-ring (bicyclic) bond motifs is 1. The summed E-state index contributed by atoms with van der Waals surface area (Å²) < 4.78 is 0. The second kappa shape index (κ2) is 3.04. The van der Waals surface area contributed by atoms with Gasteiger partial charge >= 0.3 is 0 Å². The zero-order valence-corrected chi connectivity index (χ0v) is 7.73. The van der Waals surface area contributed by atoms with Crippen LogP contribution in [0.15, 0.2) is 6.08 Å². The molecule has 1 aliphatic carbocycles. The average molecular weight is 201 g/mol. The minimum atomic E-state index is 0.436. The molecule has 0 aliphatic heterocycles. The van der Waals surface area contributed by atoms with E-state index >= 15 is 0 Å². The van der Waals surface area contributed by atoms with E-state index in [1.165, 1.54) is 0 Å². The summed E-state index contributed by atoms with van der Waals surface area (Å²) in [5, 5.41) is 8.37. The van der Waals surface area contributed by atoms with Crippen LogP contribution in [-0.2, 0) is 6.42 Å². The molecule has 0 fully saturated rings. The Morgan fingerprint density at radius 1 is 1.17 bits per heavy atom. The fraction of sp³-hybridized carbons (Fsp3) is 0.250. The molecule has 4 heteroatoms. The van der Waals surface area contributed by atoms with E-state index in [1.54, 1.807) is 0 Å². The van der Waals surface area contributed by atoms with E-state index in [0.29, 0.717) is 10.3 Å². The molecule has 2 nitrogen and oxygen atoms in total. The third-order valence-corrected chi connectivity index (χ3v) is 2.45. The van der Waals surface area contributed by atoms with Gasteiger partial charge in [-0.1, -0.05) is 35.4 Å². The Morgan fingerprint density at radius 2 is 1.92 bits per heavy atom. The summed E-state index contributed by atoms with van der Waals surface area (Å²) in [5.74, 6) is 0. The van der Waals surface area contributed by atoms with Crippen molar-refractivity contribution in [3.05, 3.63) is 27.5 Å². The summed E-state index contributed by atoms with van der Waals surface area (Å²) in [6, 6.07) is 0. The number of halogens is 2. The molecule has 1 heterocycles. The fourth-order valence-electron chi connectivity index (χ4n) is 1.27. The van der Waals surface area contributed by atoms with Crippen LogP contribution in [0.5, 0.6) is 0 Å². The second-order valence-corrected chi connectivity index (χ2v) is 3.33. The predicted molar refractivity (Wildman–Crippen MR) is 49.4 cm³/mol. The Labute approximate surface area is 80.2 Å². The minimum Gasteiger partial charge on any atom is -0.137 e. The molecule has 0 saturated heterocycles. The molecule has 1 aromatic rings. The van der Waals surface area contributed by atoms with Gasteiger partial charge in [0.25, 0.3) is 0 Å². The van der Waals surface area contributed by atoms with Crippen LogP contribution in [-0.4, -0.2) is 10.2 Å². The van der Waals surface area contributed by atoms with Gasteiger partial charge in [0.2, 0.25) is 0 Å². The molecular weight excluding hydrogens is 195 g/mol. The minimum absolute atomic E-state index is 0.436. The average Bonchev–Trinajstić information content (AvgIpc) is 2.12. The molecule has 0 atom stereocenters. The maximum atomic E-state index is 5.85. The highest BCUT2D eigenvalue weighted by molar-refractivity contribution is 6.33. The monoisotopic (exact) mass is 200 g/mol. The predicted octanol–water partition coefficient (Wildman–Crippen LogP) is 2.74. The lowest BCUT2D eigenvalue weighted by molar-refractivity contribution is 0.925. The van der Waals surface area contributed by atoms with Crippen molar-refractivity contribution in [1.82, 2.24) is 10.2 Å². The molecule has 62 valence electrons. The van der Waals surface area contributed by atoms with Gasteiger partial charge in [-0.3, -0.25) is 0 Å². The number of aromatic nitrogens is 2. The first-order valence-corrected chi connectivity index (χ1v) is 4.41. The maximum absolute atomic E-state index is 5.85. The summed E-state index contributed by atoms with van der Waals surface area (Å²) in [7, 11) is 0. The molecule has 0 aromatic carbocycles. The summed E-state index contributed by atoms with van der Waals surface area (Å²) in [6.07, 6.45) is 5.91. The number of hydrogen-bond donors (Lipinski definition) is 0. The maximum Gasteiger partial charge on any atom is 0.159 e. The lowest BCUT2D eigenvalue weighted by atomic mass is 10.0. The van der Waals surface area contributed by atoms with Gasteiger partial charge in [-0.15, -0.1) is 10.2 Å². The van der Waals surface area contributed by atoms with E-state index in [0.717, 1.165) is 24.0 Å². The van der Waals surface area contributed by atoms with Gasteiger partial charge in [-0.25, -0.2) is 0 Å². The Hall–Kier alpha value is -0.600. The van der Waals surface area contributed by atoms with Crippen molar-refractivity contribution in [2.75, 3.05) is 0 Å². The molecule has 1 aliphatic rings. The summed E-state index contributed by atoms with van der Waals surface area (Å²) in [5.41, 5.74) is 1.93. The van der Waals surface area contributed by atoms with Crippen LogP contribution in [0.4, 0.5) is 0 Å². The highest BCUT2D eigenvalue weighted by Gasteiger charge is 2.13. The highest BCUT2D eigenvalue weighted by atomic mass is 35.5. The molecule has 0 bridgehead atoms. The van der Waals surface area contributed by atoms with Gasteiger partial charge in [-0.2, -0.15) is 0 Å². The van der Waals surface area contributed by atoms with E-state index in [4.69, 9.17) is 23.2 Å². The van der Waals surface area contributed by atoms with Crippen LogP contribution < -0.4 is 0 Å². The molecular formula is C8H6Cl2N2. The van der Waals surface area contributed by atoms with Crippen molar-refractivity contribution in [3.8, 4) is 0 Å². The summed E-state index contributed by atoms with van der Waals surface area (Å²) in [6.45, 7) is 0. The van der Waals surface area contributed by atoms with Gasteiger partial charge in [-0.05, 0) is 12.8 Å². The normalized spacial score (nSPS) is 14.5. The Morgan fingerprint density at radius 3 is 2.67 bits per heavy atom. The standard InChI is InChI=1S/C8H6Cl2N2/c9-7-5-3-1-2-4-6(5)8(10)12-11-7/h1,3H,2,4H2. The van der Waals surface area contributed by atoms with Crippen molar-refractivity contribution in [2.45, 2.75) is 12.8 Å². The number of allylic oxidation sites excluding steroid dienone is 1. The lowest BCUT2D eigenvalue weighted by Gasteiger charge is -2.10. The molecule has 0 unspecified atom stereocenters. The van der Waals surface area contributed by atoms with E-state index in [-0.39, 0.29) is 0 Å². The molecule has 0 saturated carbocycles. The molecule has 0 N–H and O–H groups in total. The van der Waals surface area contributed by atoms with Gasteiger partial charge in [0.1, 0.15) is 0 Å². The zero-order chi connectivity index (χ0) is 8.55. The van der Waals surface area contributed by atoms with Crippen molar-refractivity contribution in [2.24, 2.45) is 0 Å². The van der Waals surface area contributed by atoms with E-state index in [1.807, 2.05) is 6.08 Å². The smallest absolute Gasteiger partial charge is 0.137 e. The van der Waals surface area contributed by atoms with Crippen molar-refractivity contribution < 1.29 is 0 Å². The zero-order valence-electron chi connectivity index (χ0n) is 6.22. The first-order chi connectivity index (χ1) is 5.79. The Kier molecular flexibility index (Phi) is 2.03. The largest absolute Gasteiger partial charge is 0.159 e. The third kappa shape index (κ3) is 1.21. The van der Waals surface area contributed by atoms with E-state index in [9.17, 15) is 0 Å². The molecule has 12 heavy (non-hydrogen) atoms. The van der Waals surface area contributed by atoms with Gasteiger partial charge in [0.15, 0.2) is 10.3 Å². The van der Waals surface area contributed by atoms with Crippen LogP contribution in [0.25, 0.3) is 6.08 Å². The van der Waals surface area contributed by atoms with Crippen LogP contribution in [0.2, 0.25) is 10.3 Å². The second-order valence-electron chi connectivity index (χ2n) is 2.61. The number of nitrogens with zero attached hydrogens (tertiary/aromatic N) is 2. The van der Waals surface area contributed by atoms with Crippen LogP contribution in [0.3, 0.4) is 0 Å². The third-order valence-electron chi connectivity index (χ3n) is 1.87. The number of hydrogen-bond acceptors (Lipinski definition) is 2. The first kappa shape index (κ1) is 8.02. The van der Waals surface area contributed by atoms with E-state index < -0.39 is 0 Å². The van der Waals surface area contributed by atoms with Gasteiger partial charge in [0, 0.05) is 11.1 Å². The van der Waals surface area contributed by atoms with Gasteiger partial charge in [0.05, 0.1) is 0 Å². The molecule has 2 rings (SSSR count). The van der Waals surface area contributed by atoms with Crippen molar-refractivity contribution >= 4 is 29.3 Å². The summed E-state index contributed by atoms with van der Waals surface area (Å²) in [4.78, 5) is 0. The fourth-order valence-corrected chi connectivity index (χ4v) is 1.72. The van der Waals surface area contributed by atoms with Crippen LogP contribution in [0, 0.1) is 0 Å². The molecule has 0 amide bonds. The Balaban J connectivity index is 2.67. The Bertz CT molecular complexity index is 347. The molecule has 0 spiro atoms. The van der Waals surface area contributed by atoms with Crippen LogP contribution in [0.1, 0.15) is 17.5 Å². The van der Waals surface area contributed by atoms with E-state index in [2.05, 4.69) is 16.3 Å². The van der Waals surface area contributed by atoms with Crippen molar-refractivity contribution in [1.29, 1.82) is 0 Å². The lowest BCUT2D eigenvalue weighted by Crippen LogP contribution is -2.00. The molecule has 1 aromatic heterocycles. The topological polar surface area (TPSA) is 25.8 Å². The highest BCUT2D eigenvalue weighted by Crippen LogP contribution is 2.28. The summed E-state index contributed by atoms with van der Waals surface area (Å²) >= 11 is 11.7. The van der Waals surface area contributed by atoms with Crippen LogP contribution >= 0.6 is 23.2 Å².